The molecule has 3 aromatic rings. The smallest absolute Gasteiger partial charge is 0.304 e. The van der Waals surface area contributed by atoms with Crippen LogP contribution in [0.5, 0.6) is 5.88 Å². The lowest BCUT2D eigenvalue weighted by molar-refractivity contribution is -0.137. The second-order valence-corrected chi connectivity index (χ2v) is 14.3. The van der Waals surface area contributed by atoms with Gasteiger partial charge in [0.1, 0.15) is 5.03 Å². The molecule has 1 amide bonds. The largest absolute Gasteiger partial charge is 0.481 e. The number of fused-ring (bicyclic) bond motifs is 1. The van der Waals surface area contributed by atoms with E-state index in [1.807, 2.05) is 13.0 Å². The number of benzene rings is 1. The van der Waals surface area contributed by atoms with Gasteiger partial charge in [-0.15, -0.1) is 0 Å². The molecule has 3 heterocycles. The molecule has 0 spiro atoms. The van der Waals surface area contributed by atoms with Crippen LogP contribution in [0.25, 0.3) is 0 Å². The number of hydrogen-bond donors (Lipinski definition) is 4. The molecule has 1 saturated carbocycles. The maximum Gasteiger partial charge on any atom is 0.304 e. The van der Waals surface area contributed by atoms with E-state index in [-0.39, 0.29) is 23.8 Å². The Bertz CT molecular complexity index is 1590. The molecule has 0 saturated heterocycles. The Balaban J connectivity index is 1.36. The van der Waals surface area contributed by atoms with Crippen molar-refractivity contribution >= 4 is 39.3 Å². The summed E-state index contributed by atoms with van der Waals surface area (Å²) in [7, 11) is -2.53. The fourth-order valence-electron chi connectivity index (χ4n) is 5.82. The molecule has 2 aliphatic rings. The van der Waals surface area contributed by atoms with Crippen LogP contribution in [-0.2, 0) is 19.6 Å². The predicted molar refractivity (Wildman–Crippen MR) is 166 cm³/mol. The Hall–Kier alpha value is -3.62. The lowest BCUT2D eigenvalue weighted by Crippen LogP contribution is -2.39. The number of pyridine rings is 1. The summed E-state index contributed by atoms with van der Waals surface area (Å²) in [6.45, 7) is 3.28. The Morgan fingerprint density at radius 1 is 1.18 bits per heavy atom. The zero-order valence-electron chi connectivity index (χ0n) is 24.9. The van der Waals surface area contributed by atoms with Gasteiger partial charge in [0.2, 0.25) is 21.8 Å². The molecule has 0 bridgehead atoms. The highest BCUT2D eigenvalue weighted by atomic mass is 32.2. The van der Waals surface area contributed by atoms with Crippen LogP contribution in [0.2, 0.25) is 0 Å². The summed E-state index contributed by atoms with van der Waals surface area (Å²) in [5, 5.41) is 23.4. The molecule has 14 heteroatoms. The number of carbonyl (C=O) groups excluding carboxylic acids is 1. The number of aromatic nitrogens is 3. The molecule has 12 nitrogen and oxygen atoms in total. The van der Waals surface area contributed by atoms with Crippen molar-refractivity contribution in [3.63, 3.8) is 0 Å². The van der Waals surface area contributed by atoms with Crippen LogP contribution >= 0.6 is 11.8 Å². The highest BCUT2D eigenvalue weighted by molar-refractivity contribution is 8.00. The van der Waals surface area contributed by atoms with Gasteiger partial charge in [-0.2, -0.15) is 9.40 Å². The van der Waals surface area contributed by atoms with E-state index in [1.165, 1.54) is 23.9 Å². The number of carbonyl (C=O) groups is 2. The average molecular weight is 643 g/mol. The first-order valence-corrected chi connectivity index (χ1v) is 17.0. The molecule has 5 rings (SSSR count). The second-order valence-electron chi connectivity index (χ2n) is 11.3. The number of aromatic amines is 1. The van der Waals surface area contributed by atoms with Crippen LogP contribution in [0.1, 0.15) is 74.4 Å². The molecule has 2 aromatic heterocycles. The zero-order chi connectivity index (χ0) is 31.4. The number of sulfonamides is 1. The topological polar surface area (TPSA) is 167 Å². The predicted octanol–water partition coefficient (Wildman–Crippen LogP) is 4.63. The van der Waals surface area contributed by atoms with Crippen LogP contribution in [0.4, 0.5) is 5.69 Å². The number of thioether (sulfide) groups is 1. The quantitative estimate of drug-likeness (QED) is 0.206. The molecule has 3 unspecified atom stereocenters. The number of hydrogen-bond acceptors (Lipinski definition) is 9. The van der Waals surface area contributed by atoms with Crippen molar-refractivity contribution < 1.29 is 27.9 Å². The van der Waals surface area contributed by atoms with E-state index in [0.717, 1.165) is 52.0 Å². The summed E-state index contributed by atoms with van der Waals surface area (Å²) in [6, 6.07) is 11.1. The number of carboxylic acids is 1. The lowest BCUT2D eigenvalue weighted by atomic mass is 9.87. The third-order valence-corrected chi connectivity index (χ3v) is 11.2. The summed E-state index contributed by atoms with van der Waals surface area (Å²) in [5.41, 5.74) is 2.40. The number of anilines is 1. The monoisotopic (exact) mass is 642 g/mol. The average Bonchev–Trinajstić information content (AvgIpc) is 3.76. The minimum Gasteiger partial charge on any atom is -0.481 e. The first kappa shape index (κ1) is 31.8. The number of methoxy groups -OCH3 is 1. The van der Waals surface area contributed by atoms with Gasteiger partial charge in [0.25, 0.3) is 0 Å². The number of nitrogens with one attached hydrogen (secondary N) is 3. The van der Waals surface area contributed by atoms with E-state index < -0.39 is 33.5 Å². The summed E-state index contributed by atoms with van der Waals surface area (Å²) in [4.78, 5) is 29.6. The van der Waals surface area contributed by atoms with Gasteiger partial charge in [0.05, 0.1) is 41.8 Å². The van der Waals surface area contributed by atoms with Gasteiger partial charge in [-0.1, -0.05) is 49.6 Å². The number of aliphatic carboxylic acids is 1. The van der Waals surface area contributed by atoms with Crippen LogP contribution in [-0.4, -0.2) is 64.0 Å². The fraction of sp³-hybridized carbons (Fsp3) is 0.467. The van der Waals surface area contributed by atoms with Crippen molar-refractivity contribution in [3.8, 4) is 5.88 Å². The van der Waals surface area contributed by atoms with Gasteiger partial charge in [-0.3, -0.25) is 14.7 Å². The molecule has 236 valence electrons. The number of ether oxygens (including phenoxy) is 1. The molecule has 3 atom stereocenters. The standard InChI is InChI=1S/C30H38N6O6S2/c1-18-16-25(35-34-18)19(2)36(15-14-27(37)38)44(40,41)22-10-8-21(9-11-22)23(17-20-6-4-5-7-20)28(39)33-30-31-24-12-13-26(42-3)32-29(24)43-30/h8-13,16,19-20,23,30-31H,4-7,14-15,17H2,1-3H3,(H,33,39)(H,34,35)(H,37,38). The molecule has 1 fully saturated rings. The molecule has 1 aliphatic heterocycles. The van der Waals surface area contributed by atoms with Gasteiger partial charge in [0, 0.05) is 18.3 Å². The highest BCUT2D eigenvalue weighted by Crippen LogP contribution is 2.39. The molecular formula is C30H38N6O6S2. The normalized spacial score (nSPS) is 18.0. The number of H-pyrrole nitrogens is 1. The number of nitrogens with zero attached hydrogens (tertiary/aromatic N) is 3. The third kappa shape index (κ3) is 7.19. The minimum absolute atomic E-state index is 0.0225. The summed E-state index contributed by atoms with van der Waals surface area (Å²) in [5.74, 6) is -0.819. The summed E-state index contributed by atoms with van der Waals surface area (Å²) in [6.07, 6.45) is 4.70. The van der Waals surface area contributed by atoms with Crippen LogP contribution in [0, 0.1) is 12.8 Å². The lowest BCUT2D eigenvalue weighted by Gasteiger charge is -2.27. The minimum atomic E-state index is -4.09. The second kappa shape index (κ2) is 13.6. The van der Waals surface area contributed by atoms with E-state index in [9.17, 15) is 23.1 Å². The molecule has 44 heavy (non-hydrogen) atoms. The molecule has 1 aromatic carbocycles. The molecule has 1 aliphatic carbocycles. The Labute approximate surface area is 261 Å². The Morgan fingerprint density at radius 3 is 2.55 bits per heavy atom. The highest BCUT2D eigenvalue weighted by Gasteiger charge is 2.34. The maximum atomic E-state index is 13.8. The SMILES string of the molecule is COc1ccc2c(n1)SC(NC(=O)C(CC1CCCC1)c1ccc(S(=O)(=O)N(CCC(=O)O)C(C)c3cc(C)[nH]n3)cc1)N2. The van der Waals surface area contributed by atoms with E-state index in [1.54, 1.807) is 38.3 Å². The van der Waals surface area contributed by atoms with Crippen LogP contribution < -0.4 is 15.4 Å². The van der Waals surface area contributed by atoms with E-state index in [2.05, 4.69) is 25.8 Å². The molecule has 4 N–H and O–H groups in total. The number of aryl methyl sites for hydroxylation is 1. The van der Waals surface area contributed by atoms with E-state index in [4.69, 9.17) is 4.74 Å². The van der Waals surface area contributed by atoms with Gasteiger partial charge in [-0.25, -0.2) is 13.4 Å². The maximum absolute atomic E-state index is 13.8. The van der Waals surface area contributed by atoms with Crippen molar-refractivity contribution in [1.82, 2.24) is 24.8 Å². The van der Waals surface area contributed by atoms with Gasteiger partial charge >= 0.3 is 5.97 Å². The Kier molecular flexibility index (Phi) is 9.81. The van der Waals surface area contributed by atoms with Gasteiger partial charge in [0.15, 0.2) is 5.50 Å². The Morgan fingerprint density at radius 2 is 1.91 bits per heavy atom. The number of rotatable bonds is 13. The van der Waals surface area contributed by atoms with E-state index in [0.29, 0.717) is 23.9 Å². The van der Waals surface area contributed by atoms with Crippen molar-refractivity contribution in [2.75, 3.05) is 19.0 Å². The van der Waals surface area contributed by atoms with Gasteiger partial charge < -0.3 is 20.5 Å². The fourth-order valence-corrected chi connectivity index (χ4v) is 8.41. The summed E-state index contributed by atoms with van der Waals surface area (Å²) < 4.78 is 34.1. The first-order chi connectivity index (χ1) is 21.0. The first-order valence-electron chi connectivity index (χ1n) is 14.7. The zero-order valence-corrected chi connectivity index (χ0v) is 26.6. The van der Waals surface area contributed by atoms with Crippen molar-refractivity contribution in [2.24, 2.45) is 5.92 Å². The van der Waals surface area contributed by atoms with Crippen molar-refractivity contribution in [1.29, 1.82) is 0 Å². The van der Waals surface area contributed by atoms with E-state index >= 15 is 0 Å². The van der Waals surface area contributed by atoms with Crippen LogP contribution in [0.3, 0.4) is 0 Å². The molecule has 0 radical (unpaired) electrons. The van der Waals surface area contributed by atoms with Crippen LogP contribution in [0.15, 0.2) is 52.4 Å². The van der Waals surface area contributed by atoms with Gasteiger partial charge in [-0.05, 0) is 56.0 Å². The number of carboxylic acid groups (broad SMARTS) is 1. The summed E-state index contributed by atoms with van der Waals surface area (Å²) >= 11 is 1.40. The number of amides is 1. The van der Waals surface area contributed by atoms with Crippen molar-refractivity contribution in [3.05, 3.63) is 59.4 Å². The third-order valence-electron chi connectivity index (χ3n) is 8.21. The molecular weight excluding hydrogens is 604 g/mol. The van der Waals surface area contributed by atoms with Crippen molar-refractivity contribution in [2.45, 2.75) is 79.8 Å².